The molecule has 0 amide bonds. The van der Waals surface area contributed by atoms with Crippen LogP contribution in [0.25, 0.3) is 0 Å². The summed E-state index contributed by atoms with van der Waals surface area (Å²) in [5, 5.41) is 21.6. The SMILES string of the molecule is N#Cc1ccc(OCC(O)CNCC2CC2)cc1. The molecular weight excluding hydrogens is 228 g/mol. The van der Waals surface area contributed by atoms with E-state index in [9.17, 15) is 5.11 Å². The Morgan fingerprint density at radius 1 is 1.39 bits per heavy atom. The van der Waals surface area contributed by atoms with Crippen LogP contribution in [0.5, 0.6) is 5.75 Å². The Morgan fingerprint density at radius 2 is 2.11 bits per heavy atom. The van der Waals surface area contributed by atoms with Gasteiger partial charge in [0.15, 0.2) is 0 Å². The smallest absolute Gasteiger partial charge is 0.119 e. The minimum Gasteiger partial charge on any atom is -0.491 e. The normalized spacial score (nSPS) is 16.0. The molecule has 2 N–H and O–H groups in total. The first-order chi connectivity index (χ1) is 8.78. The largest absolute Gasteiger partial charge is 0.491 e. The summed E-state index contributed by atoms with van der Waals surface area (Å²) in [5.41, 5.74) is 0.606. The molecule has 1 aliphatic rings. The molecule has 0 aromatic heterocycles. The predicted molar refractivity (Wildman–Crippen MR) is 68.3 cm³/mol. The van der Waals surface area contributed by atoms with Crippen LogP contribution in [0.1, 0.15) is 18.4 Å². The number of rotatable bonds is 7. The Hall–Kier alpha value is -1.57. The van der Waals surface area contributed by atoms with Crippen molar-refractivity contribution in [3.05, 3.63) is 29.8 Å². The van der Waals surface area contributed by atoms with Crippen molar-refractivity contribution < 1.29 is 9.84 Å². The number of nitriles is 1. The highest BCUT2D eigenvalue weighted by Gasteiger charge is 2.20. The molecule has 4 heteroatoms. The molecule has 4 nitrogen and oxygen atoms in total. The van der Waals surface area contributed by atoms with Gasteiger partial charge in [-0.15, -0.1) is 0 Å². The van der Waals surface area contributed by atoms with Crippen molar-refractivity contribution in [3.63, 3.8) is 0 Å². The maximum Gasteiger partial charge on any atom is 0.119 e. The number of ether oxygens (including phenoxy) is 1. The third-order valence-electron chi connectivity index (χ3n) is 2.94. The molecule has 1 atom stereocenters. The van der Waals surface area contributed by atoms with E-state index in [1.165, 1.54) is 12.8 Å². The highest BCUT2D eigenvalue weighted by Crippen LogP contribution is 2.27. The maximum absolute atomic E-state index is 9.70. The molecule has 1 saturated carbocycles. The van der Waals surface area contributed by atoms with E-state index >= 15 is 0 Å². The van der Waals surface area contributed by atoms with Crippen LogP contribution in [0.3, 0.4) is 0 Å². The fraction of sp³-hybridized carbons (Fsp3) is 0.500. The number of hydrogen-bond donors (Lipinski definition) is 2. The van der Waals surface area contributed by atoms with Gasteiger partial charge in [-0.05, 0) is 49.6 Å². The van der Waals surface area contributed by atoms with Gasteiger partial charge in [-0.2, -0.15) is 5.26 Å². The molecule has 0 spiro atoms. The molecule has 0 radical (unpaired) electrons. The third-order valence-corrected chi connectivity index (χ3v) is 2.94. The van der Waals surface area contributed by atoms with E-state index < -0.39 is 6.10 Å². The number of nitrogens with one attached hydrogen (secondary N) is 1. The molecule has 0 aliphatic heterocycles. The lowest BCUT2D eigenvalue weighted by Crippen LogP contribution is -2.32. The number of benzene rings is 1. The Labute approximate surface area is 107 Å². The Morgan fingerprint density at radius 3 is 2.72 bits per heavy atom. The topological polar surface area (TPSA) is 65.3 Å². The van der Waals surface area contributed by atoms with E-state index in [2.05, 4.69) is 5.32 Å². The van der Waals surface area contributed by atoms with Crippen molar-refractivity contribution in [1.82, 2.24) is 5.32 Å². The standard InChI is InChI=1S/C14H18N2O2/c15-7-11-3-5-14(6-4-11)18-10-13(17)9-16-8-12-1-2-12/h3-6,12-13,16-17H,1-2,8-10H2. The molecule has 18 heavy (non-hydrogen) atoms. The third kappa shape index (κ3) is 4.36. The lowest BCUT2D eigenvalue weighted by atomic mass is 10.2. The Balaban J connectivity index is 1.64. The second-order valence-electron chi connectivity index (χ2n) is 4.70. The van der Waals surface area contributed by atoms with Crippen LogP contribution in [0, 0.1) is 17.2 Å². The molecule has 1 unspecified atom stereocenters. The first kappa shape index (κ1) is 12.9. The summed E-state index contributed by atoms with van der Waals surface area (Å²) < 4.78 is 5.44. The zero-order chi connectivity index (χ0) is 12.8. The van der Waals surface area contributed by atoms with Gasteiger partial charge >= 0.3 is 0 Å². The van der Waals surface area contributed by atoms with Crippen molar-refractivity contribution in [1.29, 1.82) is 5.26 Å². The molecule has 1 aromatic rings. The first-order valence-electron chi connectivity index (χ1n) is 6.29. The van der Waals surface area contributed by atoms with Crippen LogP contribution in [-0.2, 0) is 0 Å². The summed E-state index contributed by atoms with van der Waals surface area (Å²) in [5.74, 6) is 1.49. The second-order valence-corrected chi connectivity index (χ2v) is 4.70. The highest BCUT2D eigenvalue weighted by molar-refractivity contribution is 5.34. The average molecular weight is 246 g/mol. The average Bonchev–Trinajstić information content (AvgIpc) is 3.21. The summed E-state index contributed by atoms with van der Waals surface area (Å²) in [4.78, 5) is 0. The van der Waals surface area contributed by atoms with E-state index in [4.69, 9.17) is 10.00 Å². The summed E-state index contributed by atoms with van der Waals surface area (Å²) in [7, 11) is 0. The lowest BCUT2D eigenvalue weighted by molar-refractivity contribution is 0.106. The van der Waals surface area contributed by atoms with Crippen molar-refractivity contribution in [3.8, 4) is 11.8 Å². The van der Waals surface area contributed by atoms with Crippen LogP contribution in [0.4, 0.5) is 0 Å². The van der Waals surface area contributed by atoms with E-state index in [1.54, 1.807) is 24.3 Å². The van der Waals surface area contributed by atoms with Crippen LogP contribution < -0.4 is 10.1 Å². The zero-order valence-electron chi connectivity index (χ0n) is 10.3. The van der Waals surface area contributed by atoms with Gasteiger partial charge in [0, 0.05) is 6.54 Å². The van der Waals surface area contributed by atoms with Gasteiger partial charge in [-0.3, -0.25) is 0 Å². The van der Waals surface area contributed by atoms with Gasteiger partial charge < -0.3 is 15.2 Å². The van der Waals surface area contributed by atoms with Crippen molar-refractivity contribution >= 4 is 0 Å². The molecule has 0 bridgehead atoms. The number of nitrogens with zero attached hydrogens (tertiary/aromatic N) is 1. The number of hydrogen-bond acceptors (Lipinski definition) is 4. The molecule has 1 aliphatic carbocycles. The summed E-state index contributed by atoms with van der Waals surface area (Å²) in [6, 6.07) is 8.93. The monoisotopic (exact) mass is 246 g/mol. The van der Waals surface area contributed by atoms with Gasteiger partial charge in [-0.1, -0.05) is 0 Å². The molecule has 2 rings (SSSR count). The number of aliphatic hydroxyl groups excluding tert-OH is 1. The zero-order valence-corrected chi connectivity index (χ0v) is 10.3. The van der Waals surface area contributed by atoms with Crippen molar-refractivity contribution in [2.45, 2.75) is 18.9 Å². The van der Waals surface area contributed by atoms with Crippen LogP contribution in [0.2, 0.25) is 0 Å². The van der Waals surface area contributed by atoms with Gasteiger partial charge in [0.25, 0.3) is 0 Å². The molecule has 1 aromatic carbocycles. The minimum atomic E-state index is -0.501. The molecule has 96 valence electrons. The van der Waals surface area contributed by atoms with Gasteiger partial charge in [0.05, 0.1) is 11.6 Å². The van der Waals surface area contributed by atoms with Crippen LogP contribution in [0.15, 0.2) is 24.3 Å². The van der Waals surface area contributed by atoms with E-state index in [0.29, 0.717) is 17.9 Å². The van der Waals surface area contributed by atoms with Crippen molar-refractivity contribution in [2.24, 2.45) is 5.92 Å². The fourth-order valence-corrected chi connectivity index (χ4v) is 1.65. The van der Waals surface area contributed by atoms with Crippen LogP contribution in [-0.4, -0.2) is 30.9 Å². The quantitative estimate of drug-likeness (QED) is 0.761. The second kappa shape index (κ2) is 6.39. The van der Waals surface area contributed by atoms with Gasteiger partial charge in [0.1, 0.15) is 18.5 Å². The Bertz CT molecular complexity index is 407. The van der Waals surface area contributed by atoms with Crippen molar-refractivity contribution in [2.75, 3.05) is 19.7 Å². The van der Waals surface area contributed by atoms with Crippen LogP contribution >= 0.6 is 0 Å². The molecule has 0 heterocycles. The van der Waals surface area contributed by atoms with E-state index in [-0.39, 0.29) is 6.61 Å². The molecule has 1 fully saturated rings. The fourth-order valence-electron chi connectivity index (χ4n) is 1.65. The van der Waals surface area contributed by atoms with E-state index in [0.717, 1.165) is 12.5 Å². The number of aliphatic hydroxyl groups is 1. The predicted octanol–water partition coefficient (Wildman–Crippen LogP) is 1.30. The van der Waals surface area contributed by atoms with Gasteiger partial charge in [-0.25, -0.2) is 0 Å². The minimum absolute atomic E-state index is 0.267. The summed E-state index contributed by atoms with van der Waals surface area (Å²) >= 11 is 0. The van der Waals surface area contributed by atoms with Gasteiger partial charge in [0.2, 0.25) is 0 Å². The first-order valence-corrected chi connectivity index (χ1v) is 6.29. The highest BCUT2D eigenvalue weighted by atomic mass is 16.5. The maximum atomic E-state index is 9.70. The lowest BCUT2D eigenvalue weighted by Gasteiger charge is -2.13. The summed E-state index contributed by atoms with van der Waals surface area (Å²) in [6.45, 7) is 1.82. The van der Waals surface area contributed by atoms with E-state index in [1.807, 2.05) is 6.07 Å². The molecule has 0 saturated heterocycles. The Kier molecular flexibility index (Phi) is 4.57. The summed E-state index contributed by atoms with van der Waals surface area (Å²) in [6.07, 6.45) is 2.12. The molecular formula is C14H18N2O2.